The van der Waals surface area contributed by atoms with Crippen molar-refractivity contribution in [2.24, 2.45) is 0 Å². The van der Waals surface area contributed by atoms with Crippen LogP contribution in [0.4, 0.5) is 0 Å². The van der Waals surface area contributed by atoms with Crippen molar-refractivity contribution in [3.05, 3.63) is 30.3 Å². The summed E-state index contributed by atoms with van der Waals surface area (Å²) in [6.45, 7) is 4.74. The lowest BCUT2D eigenvalue weighted by atomic mass is 9.87. The van der Waals surface area contributed by atoms with Crippen LogP contribution in [-0.2, 0) is 4.79 Å². The van der Waals surface area contributed by atoms with Gasteiger partial charge < -0.3 is 9.84 Å². The predicted octanol–water partition coefficient (Wildman–Crippen LogP) is 2.75. The van der Waals surface area contributed by atoms with Crippen LogP contribution in [0, 0.1) is 0 Å². The Bertz CT molecular complexity index is 385. The number of carbonyl (C=O) groups is 1. The van der Waals surface area contributed by atoms with Crippen LogP contribution in [0.5, 0.6) is 5.75 Å². The number of carbonyl (C=O) groups excluding carboxylic acids is 1. The number of rotatable bonds is 4. The van der Waals surface area contributed by atoms with E-state index in [4.69, 9.17) is 16.3 Å². The zero-order valence-electron chi connectivity index (χ0n) is 10.2. The lowest BCUT2D eigenvalue weighted by Gasteiger charge is -2.34. The second kappa shape index (κ2) is 5.07. The molecule has 0 heterocycles. The van der Waals surface area contributed by atoms with Crippen molar-refractivity contribution >= 4 is 17.6 Å². The van der Waals surface area contributed by atoms with E-state index in [0.29, 0.717) is 12.2 Å². The Hall–Kier alpha value is -1.06. The summed E-state index contributed by atoms with van der Waals surface area (Å²) in [6, 6.07) is 8.65. The van der Waals surface area contributed by atoms with Crippen LogP contribution in [0.3, 0.4) is 0 Å². The van der Waals surface area contributed by atoms with Gasteiger partial charge in [-0.3, -0.25) is 0 Å². The zero-order valence-corrected chi connectivity index (χ0v) is 11.0. The molecular formula is C13H17ClO3. The molecule has 2 atom stereocenters. The molecule has 1 rings (SSSR count). The van der Waals surface area contributed by atoms with Gasteiger partial charge >= 0.3 is 5.97 Å². The van der Waals surface area contributed by atoms with Gasteiger partial charge in [0.2, 0.25) is 0 Å². The fraction of sp³-hybridized carbons (Fsp3) is 0.462. The van der Waals surface area contributed by atoms with Crippen LogP contribution in [0.15, 0.2) is 30.3 Å². The Labute approximate surface area is 106 Å². The molecule has 3 nitrogen and oxygen atoms in total. The van der Waals surface area contributed by atoms with E-state index in [0.717, 1.165) is 0 Å². The first-order chi connectivity index (χ1) is 7.81. The van der Waals surface area contributed by atoms with Crippen molar-refractivity contribution in [2.75, 3.05) is 0 Å². The van der Waals surface area contributed by atoms with Crippen molar-refractivity contribution in [3.8, 4) is 5.75 Å². The second-order valence-electron chi connectivity index (χ2n) is 4.33. The highest BCUT2D eigenvalue weighted by atomic mass is 35.5. The third-order valence-corrected chi connectivity index (χ3v) is 3.60. The number of hydrogen-bond donors (Lipinski definition) is 1. The van der Waals surface area contributed by atoms with Crippen LogP contribution >= 0.6 is 11.6 Å². The van der Waals surface area contributed by atoms with Gasteiger partial charge in [0, 0.05) is 0 Å². The van der Waals surface area contributed by atoms with Gasteiger partial charge in [-0.05, 0) is 32.4 Å². The Kier molecular flexibility index (Phi) is 4.17. The lowest BCUT2D eigenvalue weighted by molar-refractivity contribution is -0.144. The SMILES string of the molecule is CCC(C)(O)C(C)(Cl)C(=O)Oc1ccccc1. The fourth-order valence-corrected chi connectivity index (χ4v) is 1.42. The predicted molar refractivity (Wildman–Crippen MR) is 67.2 cm³/mol. The zero-order chi connectivity index (χ0) is 13.1. The smallest absolute Gasteiger partial charge is 0.335 e. The Balaban J connectivity index is 2.84. The van der Waals surface area contributed by atoms with Gasteiger partial charge in [0.15, 0.2) is 4.87 Å². The molecule has 0 fully saturated rings. The van der Waals surface area contributed by atoms with Crippen LogP contribution in [0.2, 0.25) is 0 Å². The van der Waals surface area contributed by atoms with Crippen LogP contribution in [0.25, 0.3) is 0 Å². The first-order valence-electron chi connectivity index (χ1n) is 5.50. The summed E-state index contributed by atoms with van der Waals surface area (Å²) in [5.74, 6) is -0.242. The molecule has 0 aliphatic carbocycles. The number of benzene rings is 1. The molecule has 0 saturated carbocycles. The molecule has 0 aromatic heterocycles. The minimum absolute atomic E-state index is 0.358. The molecule has 0 spiro atoms. The average Bonchev–Trinajstić information content (AvgIpc) is 2.30. The molecule has 0 bridgehead atoms. The number of halogens is 1. The summed E-state index contributed by atoms with van der Waals surface area (Å²) in [6.07, 6.45) is 0.358. The number of para-hydroxylation sites is 1. The minimum atomic E-state index is -1.47. The molecule has 4 heteroatoms. The van der Waals surface area contributed by atoms with E-state index in [1.165, 1.54) is 13.8 Å². The molecular weight excluding hydrogens is 240 g/mol. The topological polar surface area (TPSA) is 46.5 Å². The molecule has 94 valence electrons. The molecule has 0 aliphatic rings. The van der Waals surface area contributed by atoms with E-state index in [1.807, 2.05) is 6.07 Å². The van der Waals surface area contributed by atoms with E-state index in [-0.39, 0.29) is 0 Å². The number of ether oxygens (including phenoxy) is 1. The van der Waals surface area contributed by atoms with Gasteiger partial charge in [0.05, 0.1) is 5.60 Å². The molecule has 0 saturated heterocycles. The monoisotopic (exact) mass is 256 g/mol. The molecule has 17 heavy (non-hydrogen) atoms. The van der Waals surface area contributed by atoms with Crippen LogP contribution in [-0.4, -0.2) is 21.6 Å². The summed E-state index contributed by atoms with van der Waals surface area (Å²) in [4.78, 5) is 10.5. The highest BCUT2D eigenvalue weighted by Crippen LogP contribution is 2.33. The molecule has 0 aliphatic heterocycles. The van der Waals surface area contributed by atoms with Gasteiger partial charge in [-0.25, -0.2) is 4.79 Å². The second-order valence-corrected chi connectivity index (χ2v) is 5.09. The average molecular weight is 257 g/mol. The van der Waals surface area contributed by atoms with E-state index in [1.54, 1.807) is 31.2 Å². The third kappa shape index (κ3) is 2.99. The molecule has 1 aromatic carbocycles. The van der Waals surface area contributed by atoms with Crippen molar-refractivity contribution in [1.29, 1.82) is 0 Å². The summed E-state index contributed by atoms with van der Waals surface area (Å²) < 4.78 is 5.14. The Morgan fingerprint density at radius 1 is 1.35 bits per heavy atom. The summed E-state index contributed by atoms with van der Waals surface area (Å²) in [5.41, 5.74) is -1.32. The molecule has 1 N–H and O–H groups in total. The normalized spacial score (nSPS) is 17.9. The van der Waals surface area contributed by atoms with E-state index in [9.17, 15) is 9.90 Å². The standard InChI is InChI=1S/C13H17ClO3/c1-4-12(2,16)13(3,14)11(15)17-10-8-6-5-7-9-10/h5-9,16H,4H2,1-3H3. The van der Waals surface area contributed by atoms with Gasteiger partial charge in [0.1, 0.15) is 5.75 Å². The Morgan fingerprint density at radius 2 is 1.88 bits per heavy atom. The van der Waals surface area contributed by atoms with Gasteiger partial charge in [-0.15, -0.1) is 11.6 Å². The molecule has 0 amide bonds. The maximum atomic E-state index is 11.9. The maximum absolute atomic E-state index is 11.9. The van der Waals surface area contributed by atoms with Crippen molar-refractivity contribution in [3.63, 3.8) is 0 Å². The number of esters is 1. The Morgan fingerprint density at radius 3 is 2.35 bits per heavy atom. The first kappa shape index (κ1) is 14.0. The first-order valence-corrected chi connectivity index (χ1v) is 5.87. The summed E-state index contributed by atoms with van der Waals surface area (Å²) in [7, 11) is 0. The van der Waals surface area contributed by atoms with Crippen molar-refractivity contribution in [1.82, 2.24) is 0 Å². The van der Waals surface area contributed by atoms with Crippen LogP contribution in [0.1, 0.15) is 27.2 Å². The van der Waals surface area contributed by atoms with Crippen molar-refractivity contribution < 1.29 is 14.6 Å². The summed E-state index contributed by atoms with van der Waals surface area (Å²) >= 11 is 6.10. The quantitative estimate of drug-likeness (QED) is 0.512. The number of hydrogen-bond acceptors (Lipinski definition) is 3. The third-order valence-electron chi connectivity index (χ3n) is 3.04. The van der Waals surface area contributed by atoms with E-state index < -0.39 is 16.4 Å². The number of aliphatic hydroxyl groups is 1. The van der Waals surface area contributed by atoms with Gasteiger partial charge in [-0.2, -0.15) is 0 Å². The number of alkyl halides is 1. The fourth-order valence-electron chi connectivity index (χ4n) is 1.24. The summed E-state index contributed by atoms with van der Waals surface area (Å²) in [5, 5.41) is 10.1. The molecule has 0 radical (unpaired) electrons. The lowest BCUT2D eigenvalue weighted by Crippen LogP contribution is -2.52. The van der Waals surface area contributed by atoms with Crippen molar-refractivity contribution in [2.45, 2.75) is 37.7 Å². The van der Waals surface area contributed by atoms with Crippen LogP contribution < -0.4 is 4.74 Å². The molecule has 2 unspecified atom stereocenters. The minimum Gasteiger partial charge on any atom is -0.425 e. The highest BCUT2D eigenvalue weighted by molar-refractivity contribution is 6.34. The van der Waals surface area contributed by atoms with Gasteiger partial charge in [0.25, 0.3) is 0 Å². The highest BCUT2D eigenvalue weighted by Gasteiger charge is 2.48. The molecule has 1 aromatic rings. The van der Waals surface area contributed by atoms with E-state index in [2.05, 4.69) is 0 Å². The van der Waals surface area contributed by atoms with Gasteiger partial charge in [-0.1, -0.05) is 25.1 Å². The van der Waals surface area contributed by atoms with E-state index >= 15 is 0 Å². The maximum Gasteiger partial charge on any atom is 0.335 e. The largest absolute Gasteiger partial charge is 0.425 e.